The molecule has 1 amide bonds. The van der Waals surface area contributed by atoms with Gasteiger partial charge in [0.25, 0.3) is 11.4 Å². The van der Waals surface area contributed by atoms with Gasteiger partial charge in [0, 0.05) is 12.1 Å². The maximum absolute atomic E-state index is 13.1. The number of hydrogen-bond acceptors (Lipinski definition) is 10. The van der Waals surface area contributed by atoms with Crippen LogP contribution in [0.15, 0.2) is 113 Å². The van der Waals surface area contributed by atoms with E-state index in [0.29, 0.717) is 11.1 Å². The van der Waals surface area contributed by atoms with Crippen LogP contribution in [0.3, 0.4) is 0 Å². The Balaban J connectivity index is 1.46. The minimum absolute atomic E-state index is 0.239. The molecule has 0 aliphatic carbocycles. The lowest BCUT2D eigenvalue weighted by molar-refractivity contribution is -0.394. The van der Waals surface area contributed by atoms with E-state index < -0.39 is 44.3 Å². The molecule has 2 N–H and O–H groups in total. The highest BCUT2D eigenvalue weighted by Crippen LogP contribution is 2.32. The molecule has 0 aromatic heterocycles. The van der Waals surface area contributed by atoms with Crippen molar-refractivity contribution in [3.63, 3.8) is 0 Å². The van der Waals surface area contributed by atoms with Gasteiger partial charge in [0.15, 0.2) is 5.60 Å². The molecule has 0 spiro atoms. The summed E-state index contributed by atoms with van der Waals surface area (Å²) in [4.78, 5) is 50.6. The molecule has 0 atom stereocenters. The molecular formula is C27H19N5O8. The van der Waals surface area contributed by atoms with Crippen LogP contribution in [-0.4, -0.2) is 26.8 Å². The fourth-order valence-corrected chi connectivity index (χ4v) is 3.63. The van der Waals surface area contributed by atoms with Crippen LogP contribution in [0.2, 0.25) is 0 Å². The molecule has 0 fully saturated rings. The van der Waals surface area contributed by atoms with Gasteiger partial charge in [-0.05, 0) is 35.4 Å². The Morgan fingerprint density at radius 3 is 1.75 bits per heavy atom. The zero-order chi connectivity index (χ0) is 28.7. The summed E-state index contributed by atoms with van der Waals surface area (Å²) < 4.78 is 0. The van der Waals surface area contributed by atoms with Gasteiger partial charge in [0.1, 0.15) is 0 Å². The Kier molecular flexibility index (Phi) is 7.97. The number of azo groups is 1. The summed E-state index contributed by atoms with van der Waals surface area (Å²) in [6.45, 7) is 0. The summed E-state index contributed by atoms with van der Waals surface area (Å²) in [6.07, 6.45) is 0. The molecule has 0 heterocycles. The van der Waals surface area contributed by atoms with Gasteiger partial charge in [0.05, 0.1) is 32.9 Å². The SMILES string of the molecule is O=C(ONc1ccc(N=NC(=O)C(O)(c2ccccc2)c2ccccc2)cc1)c1cc([N+](=O)[O-])cc([N+](=O)[O-])c1. The molecule has 4 aromatic carbocycles. The van der Waals surface area contributed by atoms with E-state index >= 15 is 0 Å². The predicted octanol–water partition coefficient (Wildman–Crippen LogP) is 5.23. The van der Waals surface area contributed by atoms with Gasteiger partial charge >= 0.3 is 11.9 Å². The monoisotopic (exact) mass is 541 g/mol. The minimum atomic E-state index is -2.07. The van der Waals surface area contributed by atoms with Crippen molar-refractivity contribution in [2.75, 3.05) is 5.48 Å². The van der Waals surface area contributed by atoms with E-state index in [2.05, 4.69) is 15.7 Å². The molecule has 40 heavy (non-hydrogen) atoms. The van der Waals surface area contributed by atoms with Gasteiger partial charge in [-0.1, -0.05) is 60.7 Å². The molecule has 0 saturated carbocycles. The molecule has 13 heteroatoms. The van der Waals surface area contributed by atoms with E-state index in [-0.39, 0.29) is 11.4 Å². The highest BCUT2D eigenvalue weighted by atomic mass is 16.7. The number of nitrogens with zero attached hydrogens (tertiary/aromatic N) is 4. The lowest BCUT2D eigenvalue weighted by atomic mass is 9.86. The number of aliphatic hydroxyl groups is 1. The Morgan fingerprint density at radius 2 is 1.27 bits per heavy atom. The highest BCUT2D eigenvalue weighted by molar-refractivity contribution is 5.92. The van der Waals surface area contributed by atoms with Crippen molar-refractivity contribution < 1.29 is 29.4 Å². The zero-order valence-electron chi connectivity index (χ0n) is 20.4. The normalized spacial score (nSPS) is 11.1. The van der Waals surface area contributed by atoms with Crippen LogP contribution in [0.1, 0.15) is 21.5 Å². The van der Waals surface area contributed by atoms with E-state index in [9.17, 15) is 34.9 Å². The minimum Gasteiger partial charge on any atom is -0.372 e. The Labute approximate surface area is 225 Å². The van der Waals surface area contributed by atoms with Gasteiger partial charge in [-0.3, -0.25) is 25.0 Å². The molecule has 0 radical (unpaired) electrons. The molecule has 0 unspecified atom stereocenters. The second-order valence-corrected chi connectivity index (χ2v) is 8.24. The van der Waals surface area contributed by atoms with Crippen molar-refractivity contribution in [2.24, 2.45) is 10.2 Å². The second-order valence-electron chi connectivity index (χ2n) is 8.24. The lowest BCUT2D eigenvalue weighted by Gasteiger charge is -2.25. The van der Waals surface area contributed by atoms with E-state index in [1.54, 1.807) is 60.7 Å². The van der Waals surface area contributed by atoms with Gasteiger partial charge in [-0.25, -0.2) is 10.3 Å². The first-order chi connectivity index (χ1) is 19.2. The second kappa shape index (κ2) is 11.7. The molecule has 0 saturated heterocycles. The van der Waals surface area contributed by atoms with Crippen LogP contribution in [0.5, 0.6) is 0 Å². The molecule has 0 aliphatic rings. The number of carbonyl (C=O) groups excluding carboxylic acids is 2. The summed E-state index contributed by atoms with van der Waals surface area (Å²) in [5.41, 5.74) is -0.288. The Morgan fingerprint density at radius 1 is 0.775 bits per heavy atom. The standard InChI is InChI=1S/C27H19N5O8/c33-25(18-15-23(31(36)37)17-24(16-18)32(38)39)40-30-22-13-11-21(12-14-22)28-29-26(34)27(35,19-7-3-1-4-8-19)20-9-5-2-6-10-20/h1-17,30,35H. The number of amides is 1. The predicted molar refractivity (Wildman–Crippen MR) is 141 cm³/mol. The fourth-order valence-electron chi connectivity index (χ4n) is 3.63. The Hall–Kier alpha value is -5.82. The topological polar surface area (TPSA) is 187 Å². The molecule has 4 aromatic rings. The molecule has 4 rings (SSSR count). The van der Waals surface area contributed by atoms with Gasteiger partial charge in [-0.15, -0.1) is 10.2 Å². The van der Waals surface area contributed by atoms with Gasteiger partial charge in [-0.2, -0.15) is 0 Å². The number of nitro groups is 2. The van der Waals surface area contributed by atoms with Crippen LogP contribution >= 0.6 is 0 Å². The molecule has 13 nitrogen and oxygen atoms in total. The van der Waals surface area contributed by atoms with Crippen LogP contribution in [-0.2, 0) is 15.2 Å². The molecule has 200 valence electrons. The van der Waals surface area contributed by atoms with Crippen LogP contribution in [0, 0.1) is 20.2 Å². The van der Waals surface area contributed by atoms with Crippen LogP contribution < -0.4 is 5.48 Å². The van der Waals surface area contributed by atoms with Crippen molar-refractivity contribution in [3.05, 3.63) is 140 Å². The van der Waals surface area contributed by atoms with Crippen molar-refractivity contribution >= 4 is 34.6 Å². The molecule has 0 bridgehead atoms. The van der Waals surface area contributed by atoms with E-state index in [1.165, 1.54) is 24.3 Å². The fraction of sp³-hybridized carbons (Fsp3) is 0.0370. The number of nitro benzene ring substituents is 2. The first-order valence-electron chi connectivity index (χ1n) is 11.5. The maximum atomic E-state index is 13.1. The van der Waals surface area contributed by atoms with E-state index in [4.69, 9.17) is 4.84 Å². The quantitative estimate of drug-likeness (QED) is 0.162. The third-order valence-electron chi connectivity index (χ3n) is 5.64. The molecule has 0 aliphatic heterocycles. The number of rotatable bonds is 9. The van der Waals surface area contributed by atoms with Crippen molar-refractivity contribution in [1.29, 1.82) is 0 Å². The largest absolute Gasteiger partial charge is 0.372 e. The van der Waals surface area contributed by atoms with Crippen molar-refractivity contribution in [1.82, 2.24) is 0 Å². The summed E-state index contributed by atoms with van der Waals surface area (Å²) in [5.74, 6) is -2.01. The molecular weight excluding hydrogens is 522 g/mol. The first kappa shape index (κ1) is 27.2. The number of carbonyl (C=O) groups is 2. The summed E-state index contributed by atoms with van der Waals surface area (Å²) >= 11 is 0. The average molecular weight is 541 g/mol. The third kappa shape index (κ3) is 6.00. The van der Waals surface area contributed by atoms with Crippen molar-refractivity contribution in [3.8, 4) is 0 Å². The number of non-ortho nitro benzene ring substituents is 2. The lowest BCUT2D eigenvalue weighted by Crippen LogP contribution is -2.35. The number of benzene rings is 4. The highest BCUT2D eigenvalue weighted by Gasteiger charge is 2.40. The summed E-state index contributed by atoms with van der Waals surface area (Å²) in [5, 5.41) is 41.1. The Bertz CT molecular complexity index is 1520. The van der Waals surface area contributed by atoms with Gasteiger partial charge in [0.2, 0.25) is 0 Å². The van der Waals surface area contributed by atoms with Gasteiger partial charge < -0.3 is 9.94 Å². The number of hydrogen-bond donors (Lipinski definition) is 2. The third-order valence-corrected chi connectivity index (χ3v) is 5.64. The maximum Gasteiger partial charge on any atom is 0.363 e. The number of nitrogens with one attached hydrogen (secondary N) is 1. The summed E-state index contributed by atoms with van der Waals surface area (Å²) in [6, 6.07) is 24.8. The summed E-state index contributed by atoms with van der Waals surface area (Å²) in [7, 11) is 0. The number of anilines is 1. The van der Waals surface area contributed by atoms with Crippen LogP contribution in [0.25, 0.3) is 0 Å². The van der Waals surface area contributed by atoms with E-state index in [1.807, 2.05) is 0 Å². The average Bonchev–Trinajstić information content (AvgIpc) is 2.99. The first-order valence-corrected chi connectivity index (χ1v) is 11.5. The smallest absolute Gasteiger partial charge is 0.363 e. The van der Waals surface area contributed by atoms with Crippen LogP contribution in [0.4, 0.5) is 22.7 Å². The van der Waals surface area contributed by atoms with E-state index in [0.717, 1.165) is 18.2 Å². The van der Waals surface area contributed by atoms with Crippen molar-refractivity contribution in [2.45, 2.75) is 5.60 Å². The zero-order valence-corrected chi connectivity index (χ0v) is 20.4.